The number of rotatable bonds is 11. The lowest BCUT2D eigenvalue weighted by Crippen LogP contribution is -2.60. The summed E-state index contributed by atoms with van der Waals surface area (Å²) in [5, 5.41) is 52.9. The van der Waals surface area contributed by atoms with Crippen LogP contribution in [0, 0.1) is 12.3 Å². The van der Waals surface area contributed by atoms with E-state index in [1.54, 1.807) is 0 Å². The van der Waals surface area contributed by atoms with Crippen LogP contribution in [0.5, 0.6) is 0 Å². The van der Waals surface area contributed by atoms with E-state index in [4.69, 9.17) is 31.1 Å². The van der Waals surface area contributed by atoms with E-state index in [0.29, 0.717) is 4.57 Å². The van der Waals surface area contributed by atoms with E-state index >= 15 is 0 Å². The maximum Gasteiger partial charge on any atom is 0.481 e. The summed E-state index contributed by atoms with van der Waals surface area (Å²) in [5.74, 6) is 2.02. The standard InChI is InChI=1S/C18H24FN5O15P2S/c1-2-18(22-23-20)14(30)8(36-16(18)24-4-3-9(26)21-17(24)31)6-35-41(34,42)39-40(32,33)38-15-12(29)10(27)11(28)13(37-15)7(19)5-25/h1,3-4,7-8,10-16,25,27-30H,5-6H2,(H,32,33)(H,34,42)(H,21,26,31)/t7-,8+,10?,11?,12?,13?,14+,15?,16+,18?,41?/m0/s1. The zero-order valence-electron chi connectivity index (χ0n) is 20.7. The van der Waals surface area contributed by atoms with E-state index in [1.165, 1.54) is 0 Å². The van der Waals surface area contributed by atoms with Crippen LogP contribution in [0.25, 0.3) is 10.4 Å². The second-order valence-electron chi connectivity index (χ2n) is 8.71. The summed E-state index contributed by atoms with van der Waals surface area (Å²) >= 11 is 4.65. The summed E-state index contributed by atoms with van der Waals surface area (Å²) in [7, 11) is -5.59. The zero-order valence-corrected chi connectivity index (χ0v) is 23.3. The van der Waals surface area contributed by atoms with E-state index in [2.05, 4.69) is 30.7 Å². The van der Waals surface area contributed by atoms with Gasteiger partial charge in [0.05, 0.1) is 13.2 Å². The van der Waals surface area contributed by atoms with Crippen LogP contribution in [0.1, 0.15) is 6.23 Å². The Labute approximate surface area is 238 Å². The number of aromatic amines is 1. The maximum atomic E-state index is 13.9. The lowest BCUT2D eigenvalue weighted by Gasteiger charge is -2.41. The number of azide groups is 1. The molecule has 42 heavy (non-hydrogen) atoms. The highest BCUT2D eigenvalue weighted by atomic mass is 32.5. The summed E-state index contributed by atoms with van der Waals surface area (Å²) in [4.78, 5) is 48.6. The van der Waals surface area contributed by atoms with Gasteiger partial charge >= 0.3 is 20.2 Å². The van der Waals surface area contributed by atoms with Crippen LogP contribution in [-0.2, 0) is 39.2 Å². The SMILES string of the molecule is C#CC1(N=[N+]=[N-])[C@H](O)[C@@H](COP(O)(=S)OP(=O)(O)OC2OC([C@@H](F)CO)C(O)C(O)C2O)O[C@H]1n1ccc(=O)[nH]c1=O. The number of hydrogen-bond donors (Lipinski definition) is 8. The third kappa shape index (κ3) is 7.15. The minimum absolute atomic E-state index is 0.688. The van der Waals surface area contributed by atoms with E-state index < -0.39 is 99.9 Å². The summed E-state index contributed by atoms with van der Waals surface area (Å²) in [6.07, 6.45) is -12.2. The molecule has 24 heteroatoms. The monoisotopic (exact) mass is 663 g/mol. The van der Waals surface area contributed by atoms with Crippen molar-refractivity contribution in [2.75, 3.05) is 13.2 Å². The molecular formula is C18H24FN5O15P2S. The number of aliphatic hydroxyl groups excluding tert-OH is 5. The Balaban J connectivity index is 1.75. The number of halogens is 1. The molecule has 2 aliphatic heterocycles. The number of H-pyrrole nitrogens is 1. The lowest BCUT2D eigenvalue weighted by molar-refractivity contribution is -0.287. The number of phosphoric acid groups is 1. The molecule has 0 saturated carbocycles. The first kappa shape index (κ1) is 34.4. The van der Waals surface area contributed by atoms with Crippen LogP contribution in [-0.4, -0.2) is 113 Å². The molecule has 3 rings (SSSR count). The average molecular weight is 663 g/mol. The highest BCUT2D eigenvalue weighted by molar-refractivity contribution is 8.08. The minimum Gasteiger partial charge on any atom is -0.393 e. The van der Waals surface area contributed by atoms with Gasteiger partial charge in [-0.05, 0) is 17.3 Å². The number of nitrogens with one attached hydrogen (secondary N) is 1. The van der Waals surface area contributed by atoms with Crippen molar-refractivity contribution in [3.8, 4) is 12.3 Å². The van der Waals surface area contributed by atoms with Crippen LogP contribution in [0.3, 0.4) is 0 Å². The Kier molecular flexibility index (Phi) is 10.8. The average Bonchev–Trinajstić information content (AvgIpc) is 3.18. The molecule has 0 radical (unpaired) electrons. The van der Waals surface area contributed by atoms with Gasteiger partial charge in [-0.25, -0.2) is 18.1 Å². The molecule has 1 aromatic rings. The third-order valence-electron chi connectivity index (χ3n) is 6.01. The van der Waals surface area contributed by atoms with E-state index in [9.17, 15) is 48.8 Å². The van der Waals surface area contributed by atoms with Gasteiger partial charge in [0.15, 0.2) is 24.2 Å². The van der Waals surface area contributed by atoms with Crippen molar-refractivity contribution in [2.24, 2.45) is 5.11 Å². The fraction of sp³-hybridized carbons (Fsp3) is 0.667. The first-order valence-electron chi connectivity index (χ1n) is 11.4. The second-order valence-corrected chi connectivity index (χ2v) is 13.1. The quantitative estimate of drug-likeness (QED) is 0.0384. The maximum absolute atomic E-state index is 13.9. The lowest BCUT2D eigenvalue weighted by atomic mass is 9.92. The van der Waals surface area contributed by atoms with Gasteiger partial charge in [0.25, 0.3) is 5.56 Å². The molecule has 8 unspecified atom stereocenters. The van der Waals surface area contributed by atoms with Gasteiger partial charge in [0.2, 0.25) is 0 Å². The second kappa shape index (κ2) is 13.3. The Morgan fingerprint density at radius 1 is 1.29 bits per heavy atom. The van der Waals surface area contributed by atoms with Crippen molar-refractivity contribution in [1.29, 1.82) is 0 Å². The van der Waals surface area contributed by atoms with E-state index in [-0.39, 0.29) is 0 Å². The molecule has 0 amide bonds. The summed E-state index contributed by atoms with van der Waals surface area (Å²) in [5.41, 5.74) is 4.82. The predicted octanol–water partition coefficient (Wildman–Crippen LogP) is -3.02. The molecular weight excluding hydrogens is 639 g/mol. The summed E-state index contributed by atoms with van der Waals surface area (Å²) < 4.78 is 51.3. The molecule has 0 bridgehead atoms. The summed E-state index contributed by atoms with van der Waals surface area (Å²) in [6.45, 7) is -7.04. The molecule has 0 aromatic carbocycles. The largest absolute Gasteiger partial charge is 0.481 e. The van der Waals surface area contributed by atoms with Crippen LogP contribution in [0.4, 0.5) is 4.39 Å². The minimum atomic E-state index is -5.59. The van der Waals surface area contributed by atoms with Crippen molar-refractivity contribution < 1.29 is 67.1 Å². The predicted molar refractivity (Wildman–Crippen MR) is 135 cm³/mol. The smallest absolute Gasteiger partial charge is 0.393 e. The number of ether oxygens (including phenoxy) is 2. The molecule has 234 valence electrons. The highest BCUT2D eigenvalue weighted by Crippen LogP contribution is 2.62. The van der Waals surface area contributed by atoms with Crippen molar-refractivity contribution in [3.63, 3.8) is 0 Å². The number of aromatic nitrogens is 2. The van der Waals surface area contributed by atoms with E-state index in [0.717, 1.165) is 12.3 Å². The van der Waals surface area contributed by atoms with Gasteiger partial charge in [-0.1, -0.05) is 11.0 Å². The molecule has 8 N–H and O–H groups in total. The fourth-order valence-corrected chi connectivity index (χ4v) is 7.10. The number of phosphoric ester groups is 1. The van der Waals surface area contributed by atoms with Gasteiger partial charge < -0.3 is 49.3 Å². The Morgan fingerprint density at radius 3 is 2.52 bits per heavy atom. The molecule has 2 saturated heterocycles. The molecule has 3 heterocycles. The molecule has 0 aliphatic carbocycles. The molecule has 2 aliphatic rings. The third-order valence-corrected chi connectivity index (χ3v) is 9.53. The Hall–Kier alpha value is -2.12. The zero-order chi connectivity index (χ0) is 31.6. The molecule has 0 spiro atoms. The van der Waals surface area contributed by atoms with Gasteiger partial charge in [-0.15, -0.1) is 6.42 Å². The highest BCUT2D eigenvalue weighted by Gasteiger charge is 2.57. The van der Waals surface area contributed by atoms with Crippen molar-refractivity contribution >= 4 is 26.3 Å². The number of hydrogen-bond acceptors (Lipinski definition) is 15. The first-order valence-corrected chi connectivity index (χ1v) is 15.4. The fourth-order valence-electron chi connectivity index (χ4n) is 4.00. The van der Waals surface area contributed by atoms with Crippen LogP contribution < -0.4 is 11.2 Å². The molecule has 1 aromatic heterocycles. The molecule has 12 atom stereocenters. The number of nitrogens with zero attached hydrogens (tertiary/aromatic N) is 4. The number of alkyl halides is 1. The molecule has 20 nitrogen and oxygen atoms in total. The van der Waals surface area contributed by atoms with Crippen molar-refractivity contribution in [1.82, 2.24) is 9.55 Å². The van der Waals surface area contributed by atoms with Gasteiger partial charge in [-0.3, -0.25) is 18.9 Å². The Bertz CT molecular complexity index is 1450. The summed E-state index contributed by atoms with van der Waals surface area (Å²) in [6, 6.07) is 0.894. The van der Waals surface area contributed by atoms with Crippen molar-refractivity contribution in [2.45, 2.75) is 60.9 Å². The normalized spacial score (nSPS) is 36.6. The van der Waals surface area contributed by atoms with Gasteiger partial charge in [0, 0.05) is 17.2 Å². The van der Waals surface area contributed by atoms with E-state index in [1.807, 2.05) is 10.9 Å². The molecule has 2 fully saturated rings. The van der Waals surface area contributed by atoms with Crippen LogP contribution >= 0.6 is 14.5 Å². The first-order chi connectivity index (χ1) is 19.5. The number of aliphatic hydroxyl groups is 5. The van der Waals surface area contributed by atoms with Gasteiger partial charge in [0.1, 0.15) is 36.6 Å². The van der Waals surface area contributed by atoms with Crippen LogP contribution in [0.2, 0.25) is 0 Å². The van der Waals surface area contributed by atoms with Gasteiger partial charge in [-0.2, -0.15) is 0 Å². The Morgan fingerprint density at radius 2 is 1.95 bits per heavy atom. The number of terminal acetylenes is 1. The van der Waals surface area contributed by atoms with Crippen molar-refractivity contribution in [3.05, 3.63) is 43.5 Å². The van der Waals surface area contributed by atoms with Crippen LogP contribution in [0.15, 0.2) is 27.0 Å². The topological polar surface area (TPSA) is 308 Å².